The number of para-hydroxylation sites is 1. The van der Waals surface area contributed by atoms with Crippen LogP contribution in [0, 0.1) is 0 Å². The SMILES string of the molecule is O=C(CSc1nc2ccccc2s1)N/N=C\c1cccc(OCc2ccccc2)c1. The second kappa shape index (κ2) is 10.0. The van der Waals surface area contributed by atoms with Crippen molar-refractivity contribution in [2.75, 3.05) is 5.75 Å². The number of aromatic nitrogens is 1. The molecule has 1 amide bonds. The number of thioether (sulfide) groups is 1. The Balaban J connectivity index is 1.25. The molecule has 0 radical (unpaired) electrons. The Kier molecular flexibility index (Phi) is 6.74. The Morgan fingerprint density at radius 2 is 1.90 bits per heavy atom. The number of carbonyl (C=O) groups is 1. The lowest BCUT2D eigenvalue weighted by atomic mass is 10.2. The number of ether oxygens (including phenoxy) is 1. The van der Waals surface area contributed by atoms with Gasteiger partial charge in [0.2, 0.25) is 0 Å². The maximum atomic E-state index is 12.1. The maximum Gasteiger partial charge on any atom is 0.250 e. The zero-order chi connectivity index (χ0) is 20.6. The number of hydrogen-bond donors (Lipinski definition) is 1. The Morgan fingerprint density at radius 3 is 2.77 bits per heavy atom. The van der Waals surface area contributed by atoms with Crippen LogP contribution in [-0.2, 0) is 11.4 Å². The predicted octanol–water partition coefficient (Wildman–Crippen LogP) is 5.12. The lowest BCUT2D eigenvalue weighted by molar-refractivity contribution is -0.118. The van der Waals surface area contributed by atoms with Crippen molar-refractivity contribution in [1.29, 1.82) is 0 Å². The van der Waals surface area contributed by atoms with Crippen molar-refractivity contribution in [3.63, 3.8) is 0 Å². The molecule has 4 rings (SSSR count). The minimum Gasteiger partial charge on any atom is -0.489 e. The first-order valence-corrected chi connectivity index (χ1v) is 11.1. The maximum absolute atomic E-state index is 12.1. The molecule has 0 spiro atoms. The van der Waals surface area contributed by atoms with E-state index in [0.717, 1.165) is 31.4 Å². The monoisotopic (exact) mass is 433 g/mol. The van der Waals surface area contributed by atoms with E-state index < -0.39 is 0 Å². The van der Waals surface area contributed by atoms with Gasteiger partial charge in [0.25, 0.3) is 5.91 Å². The van der Waals surface area contributed by atoms with Crippen LogP contribution in [0.25, 0.3) is 10.2 Å². The summed E-state index contributed by atoms with van der Waals surface area (Å²) in [4.78, 5) is 16.6. The summed E-state index contributed by atoms with van der Waals surface area (Å²) in [7, 11) is 0. The van der Waals surface area contributed by atoms with E-state index in [0.29, 0.717) is 6.61 Å². The molecule has 0 saturated heterocycles. The van der Waals surface area contributed by atoms with Gasteiger partial charge in [0.1, 0.15) is 12.4 Å². The summed E-state index contributed by atoms with van der Waals surface area (Å²) in [5.41, 5.74) is 5.47. The molecule has 0 unspecified atom stereocenters. The van der Waals surface area contributed by atoms with Gasteiger partial charge in [0, 0.05) is 0 Å². The summed E-state index contributed by atoms with van der Waals surface area (Å²) < 4.78 is 7.81. The van der Waals surface area contributed by atoms with Crippen molar-refractivity contribution < 1.29 is 9.53 Å². The van der Waals surface area contributed by atoms with Crippen molar-refractivity contribution in [1.82, 2.24) is 10.4 Å². The van der Waals surface area contributed by atoms with Gasteiger partial charge in [-0.3, -0.25) is 4.79 Å². The number of hydrogen-bond acceptors (Lipinski definition) is 6. The molecule has 0 fully saturated rings. The van der Waals surface area contributed by atoms with E-state index in [9.17, 15) is 4.79 Å². The van der Waals surface area contributed by atoms with Crippen LogP contribution in [-0.4, -0.2) is 22.9 Å². The number of nitrogens with one attached hydrogen (secondary N) is 1. The molecule has 1 aromatic heterocycles. The molecule has 150 valence electrons. The van der Waals surface area contributed by atoms with Crippen molar-refractivity contribution >= 4 is 45.4 Å². The minimum absolute atomic E-state index is 0.174. The molecule has 0 bridgehead atoms. The highest BCUT2D eigenvalue weighted by Crippen LogP contribution is 2.29. The van der Waals surface area contributed by atoms with Crippen LogP contribution >= 0.6 is 23.1 Å². The van der Waals surface area contributed by atoms with E-state index in [-0.39, 0.29) is 11.7 Å². The topological polar surface area (TPSA) is 63.6 Å². The van der Waals surface area contributed by atoms with E-state index >= 15 is 0 Å². The lowest BCUT2D eigenvalue weighted by Gasteiger charge is -2.06. The second-order valence-corrected chi connectivity index (χ2v) is 8.63. The smallest absolute Gasteiger partial charge is 0.250 e. The minimum atomic E-state index is -0.174. The van der Waals surface area contributed by atoms with Gasteiger partial charge in [-0.25, -0.2) is 10.4 Å². The Hall–Kier alpha value is -3.16. The second-order valence-electron chi connectivity index (χ2n) is 6.38. The normalized spacial score (nSPS) is 11.1. The molecule has 1 heterocycles. The molecule has 0 aliphatic heterocycles. The van der Waals surface area contributed by atoms with E-state index in [4.69, 9.17) is 4.74 Å². The highest BCUT2D eigenvalue weighted by atomic mass is 32.2. The fraction of sp³-hybridized carbons (Fsp3) is 0.0870. The Labute approximate surface area is 182 Å². The lowest BCUT2D eigenvalue weighted by Crippen LogP contribution is -2.19. The average molecular weight is 434 g/mol. The van der Waals surface area contributed by atoms with Gasteiger partial charge >= 0.3 is 0 Å². The van der Waals surface area contributed by atoms with Crippen LogP contribution < -0.4 is 10.2 Å². The van der Waals surface area contributed by atoms with Gasteiger partial charge in [-0.15, -0.1) is 11.3 Å². The first kappa shape index (κ1) is 20.1. The summed E-state index contributed by atoms with van der Waals surface area (Å²) in [6, 6.07) is 25.5. The third kappa shape index (κ3) is 5.68. The molecule has 0 saturated carbocycles. The standard InChI is InChI=1S/C23H19N3O2S2/c27-22(16-29-23-25-20-11-4-5-12-21(20)30-23)26-24-14-18-9-6-10-19(13-18)28-15-17-7-2-1-3-8-17/h1-14H,15-16H2,(H,26,27)/b24-14-. The third-order valence-corrected chi connectivity index (χ3v) is 6.29. The fourth-order valence-electron chi connectivity index (χ4n) is 2.68. The van der Waals surface area contributed by atoms with Gasteiger partial charge in [-0.1, -0.05) is 66.4 Å². The van der Waals surface area contributed by atoms with Crippen molar-refractivity contribution in [2.45, 2.75) is 10.9 Å². The van der Waals surface area contributed by atoms with Gasteiger partial charge < -0.3 is 4.74 Å². The summed E-state index contributed by atoms with van der Waals surface area (Å²) >= 11 is 2.99. The van der Waals surface area contributed by atoms with E-state index in [1.807, 2.05) is 78.9 Å². The molecule has 0 atom stereocenters. The highest BCUT2D eigenvalue weighted by molar-refractivity contribution is 8.01. The quantitative estimate of drug-likeness (QED) is 0.238. The van der Waals surface area contributed by atoms with Gasteiger partial charge in [-0.05, 0) is 35.4 Å². The van der Waals surface area contributed by atoms with Crippen LogP contribution in [0.15, 0.2) is 88.3 Å². The molecule has 3 aromatic carbocycles. The zero-order valence-electron chi connectivity index (χ0n) is 16.0. The molecule has 4 aromatic rings. The number of fused-ring (bicyclic) bond motifs is 1. The molecule has 1 N–H and O–H groups in total. The zero-order valence-corrected chi connectivity index (χ0v) is 17.7. The van der Waals surface area contributed by atoms with Gasteiger partial charge in [-0.2, -0.15) is 5.10 Å². The number of benzene rings is 3. The van der Waals surface area contributed by atoms with Crippen LogP contribution in [0.2, 0.25) is 0 Å². The van der Waals surface area contributed by atoms with Crippen LogP contribution in [0.3, 0.4) is 0 Å². The molecule has 30 heavy (non-hydrogen) atoms. The molecule has 0 aliphatic carbocycles. The molecule has 0 aliphatic rings. The average Bonchev–Trinajstić information content (AvgIpc) is 3.20. The summed E-state index contributed by atoms with van der Waals surface area (Å²) in [5.74, 6) is 0.838. The Morgan fingerprint density at radius 1 is 1.07 bits per heavy atom. The van der Waals surface area contributed by atoms with Crippen molar-refractivity contribution in [3.05, 3.63) is 90.0 Å². The third-order valence-electron chi connectivity index (χ3n) is 4.11. The molecule has 7 heteroatoms. The van der Waals surface area contributed by atoms with Crippen molar-refractivity contribution in [3.8, 4) is 5.75 Å². The Bertz CT molecular complexity index is 1130. The van der Waals surface area contributed by atoms with Gasteiger partial charge in [0.05, 0.1) is 22.2 Å². The fourth-order valence-corrected chi connectivity index (χ4v) is 4.54. The number of amides is 1. The van der Waals surface area contributed by atoms with Crippen LogP contribution in [0.5, 0.6) is 5.75 Å². The van der Waals surface area contributed by atoms with Crippen LogP contribution in [0.4, 0.5) is 0 Å². The number of hydrazone groups is 1. The van der Waals surface area contributed by atoms with E-state index in [1.165, 1.54) is 11.8 Å². The van der Waals surface area contributed by atoms with E-state index in [2.05, 4.69) is 15.5 Å². The molecular weight excluding hydrogens is 414 g/mol. The summed E-state index contributed by atoms with van der Waals surface area (Å²) in [5, 5.41) is 4.05. The van der Waals surface area contributed by atoms with Crippen LogP contribution in [0.1, 0.15) is 11.1 Å². The van der Waals surface area contributed by atoms with E-state index in [1.54, 1.807) is 17.6 Å². The first-order chi connectivity index (χ1) is 14.8. The van der Waals surface area contributed by atoms with Crippen molar-refractivity contribution in [2.24, 2.45) is 5.10 Å². The number of carbonyl (C=O) groups excluding carboxylic acids is 1. The number of thiazole rings is 1. The van der Waals surface area contributed by atoms with Gasteiger partial charge in [0.15, 0.2) is 4.34 Å². The summed E-state index contributed by atoms with van der Waals surface area (Å²) in [6.45, 7) is 0.501. The molecular formula is C23H19N3O2S2. The predicted molar refractivity (Wildman–Crippen MR) is 123 cm³/mol. The largest absolute Gasteiger partial charge is 0.489 e. The molecule has 5 nitrogen and oxygen atoms in total. The highest BCUT2D eigenvalue weighted by Gasteiger charge is 2.07. The number of rotatable bonds is 8. The first-order valence-electron chi connectivity index (χ1n) is 9.33. The number of nitrogens with zero attached hydrogens (tertiary/aromatic N) is 2. The summed E-state index contributed by atoms with van der Waals surface area (Å²) in [6.07, 6.45) is 1.61.